The minimum absolute atomic E-state index is 0.158. The fourth-order valence-corrected chi connectivity index (χ4v) is 3.09. The zero-order valence-electron chi connectivity index (χ0n) is 18.6. The number of benzene rings is 3. The van der Waals surface area contributed by atoms with Crippen molar-refractivity contribution in [1.29, 1.82) is 0 Å². The molecule has 178 valence electrons. The number of aromatic nitrogens is 2. The van der Waals surface area contributed by atoms with Gasteiger partial charge in [-0.1, -0.05) is 17.7 Å². The van der Waals surface area contributed by atoms with Crippen molar-refractivity contribution in [2.75, 3.05) is 19.0 Å². The molecule has 0 atom stereocenters. The maximum atomic E-state index is 12.3. The number of carbonyl (C=O) groups is 2. The van der Waals surface area contributed by atoms with Gasteiger partial charge in [0.1, 0.15) is 11.5 Å². The molecule has 0 bridgehead atoms. The maximum absolute atomic E-state index is 12.3. The van der Waals surface area contributed by atoms with E-state index in [-0.39, 0.29) is 25.0 Å². The Labute approximate surface area is 205 Å². The lowest BCUT2D eigenvalue weighted by Crippen LogP contribution is -2.20. The number of amides is 1. The second kappa shape index (κ2) is 11.2. The Hall–Kier alpha value is -4.37. The number of anilines is 1. The molecule has 0 aliphatic heterocycles. The first-order valence-electron chi connectivity index (χ1n) is 10.4. The summed E-state index contributed by atoms with van der Waals surface area (Å²) in [6.07, 6.45) is 0. The van der Waals surface area contributed by atoms with Crippen LogP contribution < -0.4 is 14.8 Å². The van der Waals surface area contributed by atoms with Crippen molar-refractivity contribution in [1.82, 2.24) is 10.2 Å². The minimum atomic E-state index is -0.571. The fourth-order valence-electron chi connectivity index (χ4n) is 2.97. The zero-order valence-corrected chi connectivity index (χ0v) is 19.3. The molecule has 0 aliphatic rings. The summed E-state index contributed by atoms with van der Waals surface area (Å²) in [5, 5.41) is 11.1. The van der Waals surface area contributed by atoms with Gasteiger partial charge < -0.3 is 23.9 Å². The van der Waals surface area contributed by atoms with Crippen molar-refractivity contribution in [3.05, 3.63) is 89.3 Å². The van der Waals surface area contributed by atoms with Crippen LogP contribution in [0, 0.1) is 0 Å². The highest BCUT2D eigenvalue weighted by molar-refractivity contribution is 6.30. The van der Waals surface area contributed by atoms with Gasteiger partial charge in [-0.3, -0.25) is 4.79 Å². The lowest BCUT2D eigenvalue weighted by molar-refractivity contribution is -0.118. The van der Waals surface area contributed by atoms with Gasteiger partial charge in [-0.15, -0.1) is 10.2 Å². The first-order valence-corrected chi connectivity index (χ1v) is 10.8. The van der Waals surface area contributed by atoms with Gasteiger partial charge in [-0.25, -0.2) is 4.79 Å². The molecule has 1 heterocycles. The second-order valence-corrected chi connectivity index (χ2v) is 7.61. The molecule has 1 aromatic heterocycles. The molecule has 10 heteroatoms. The highest BCUT2D eigenvalue weighted by Crippen LogP contribution is 2.21. The van der Waals surface area contributed by atoms with E-state index in [0.29, 0.717) is 39.2 Å². The van der Waals surface area contributed by atoms with Crippen LogP contribution in [0.3, 0.4) is 0 Å². The Morgan fingerprint density at radius 3 is 2.49 bits per heavy atom. The SMILES string of the molecule is COc1cccc(NC(=O)COc2ccc(C(=O)OCc3nnc(-c4ccc(Cl)cc4)o3)cc2)c1. The fraction of sp³-hybridized carbons (Fsp3) is 0.120. The van der Waals surface area contributed by atoms with Crippen LogP contribution in [0.4, 0.5) is 5.69 Å². The average molecular weight is 494 g/mol. The van der Waals surface area contributed by atoms with E-state index in [2.05, 4.69) is 15.5 Å². The van der Waals surface area contributed by atoms with E-state index in [0.717, 1.165) is 0 Å². The standard InChI is InChI=1S/C25H20ClN3O6/c1-32-21-4-2-3-19(13-21)27-22(30)14-33-20-11-7-17(8-12-20)25(31)34-15-23-28-29-24(35-23)16-5-9-18(26)10-6-16/h2-13H,14-15H2,1H3,(H,27,30). The summed E-state index contributed by atoms with van der Waals surface area (Å²) in [6, 6.07) is 20.1. The van der Waals surface area contributed by atoms with E-state index in [1.807, 2.05) is 0 Å². The molecule has 4 rings (SSSR count). The number of carbonyl (C=O) groups excluding carboxylic acids is 2. The molecule has 0 fully saturated rings. The number of ether oxygens (including phenoxy) is 3. The molecule has 0 saturated heterocycles. The molecular formula is C25H20ClN3O6. The minimum Gasteiger partial charge on any atom is -0.497 e. The third kappa shape index (κ3) is 6.58. The van der Waals surface area contributed by atoms with Gasteiger partial charge in [0.15, 0.2) is 13.2 Å². The summed E-state index contributed by atoms with van der Waals surface area (Å²) < 4.78 is 21.4. The Balaban J connectivity index is 1.25. The topological polar surface area (TPSA) is 113 Å². The van der Waals surface area contributed by atoms with Gasteiger partial charge in [0, 0.05) is 22.3 Å². The smallest absolute Gasteiger partial charge is 0.338 e. The van der Waals surface area contributed by atoms with Crippen LogP contribution in [0.15, 0.2) is 77.2 Å². The van der Waals surface area contributed by atoms with Gasteiger partial charge in [0.25, 0.3) is 11.8 Å². The quantitative estimate of drug-likeness (QED) is 0.332. The van der Waals surface area contributed by atoms with Gasteiger partial charge >= 0.3 is 5.97 Å². The van der Waals surface area contributed by atoms with Crippen LogP contribution in [0.1, 0.15) is 16.2 Å². The van der Waals surface area contributed by atoms with Crippen LogP contribution in [-0.4, -0.2) is 35.8 Å². The molecule has 9 nitrogen and oxygen atoms in total. The van der Waals surface area contributed by atoms with E-state index in [4.69, 9.17) is 30.2 Å². The third-order valence-corrected chi connectivity index (χ3v) is 4.95. The Morgan fingerprint density at radius 1 is 0.971 bits per heavy atom. The number of halogens is 1. The molecule has 0 saturated carbocycles. The molecule has 1 N–H and O–H groups in total. The molecule has 0 spiro atoms. The van der Waals surface area contributed by atoms with Crippen LogP contribution in [-0.2, 0) is 16.1 Å². The Kier molecular flexibility index (Phi) is 7.59. The number of hydrogen-bond acceptors (Lipinski definition) is 8. The first kappa shape index (κ1) is 23.8. The molecule has 4 aromatic rings. The van der Waals surface area contributed by atoms with Gasteiger partial charge in [-0.2, -0.15) is 0 Å². The van der Waals surface area contributed by atoms with Crippen LogP contribution in [0.5, 0.6) is 11.5 Å². The predicted octanol–water partition coefficient (Wildman–Crippen LogP) is 4.77. The molecule has 0 radical (unpaired) electrons. The highest BCUT2D eigenvalue weighted by Gasteiger charge is 2.13. The zero-order chi connectivity index (χ0) is 24.6. The van der Waals surface area contributed by atoms with Crippen molar-refractivity contribution in [2.45, 2.75) is 6.61 Å². The van der Waals surface area contributed by atoms with Crippen LogP contribution in [0.2, 0.25) is 5.02 Å². The molecule has 35 heavy (non-hydrogen) atoms. The number of esters is 1. The Morgan fingerprint density at radius 2 is 1.74 bits per heavy atom. The number of nitrogens with zero attached hydrogens (tertiary/aromatic N) is 2. The molecule has 3 aromatic carbocycles. The number of methoxy groups -OCH3 is 1. The highest BCUT2D eigenvalue weighted by atomic mass is 35.5. The molecule has 0 aliphatic carbocycles. The summed E-state index contributed by atoms with van der Waals surface area (Å²) in [5.74, 6) is 0.604. The molecular weight excluding hydrogens is 474 g/mol. The van der Waals surface area contributed by atoms with Gasteiger partial charge in [0.05, 0.1) is 12.7 Å². The summed E-state index contributed by atoms with van der Waals surface area (Å²) >= 11 is 5.87. The van der Waals surface area contributed by atoms with E-state index in [9.17, 15) is 9.59 Å². The summed E-state index contributed by atoms with van der Waals surface area (Å²) in [5.41, 5.74) is 1.60. The maximum Gasteiger partial charge on any atom is 0.338 e. The number of rotatable bonds is 9. The molecule has 1 amide bonds. The van der Waals surface area contributed by atoms with Crippen LogP contribution >= 0.6 is 11.6 Å². The van der Waals surface area contributed by atoms with E-state index in [1.165, 1.54) is 12.1 Å². The van der Waals surface area contributed by atoms with Crippen molar-refractivity contribution in [3.63, 3.8) is 0 Å². The summed E-state index contributed by atoms with van der Waals surface area (Å²) in [4.78, 5) is 24.4. The average Bonchev–Trinajstić information content (AvgIpc) is 3.36. The number of hydrogen-bond donors (Lipinski definition) is 1. The number of nitrogens with one attached hydrogen (secondary N) is 1. The lowest BCUT2D eigenvalue weighted by atomic mass is 10.2. The second-order valence-electron chi connectivity index (χ2n) is 7.18. The van der Waals surface area contributed by atoms with Crippen molar-refractivity contribution in [2.24, 2.45) is 0 Å². The van der Waals surface area contributed by atoms with Crippen molar-refractivity contribution >= 4 is 29.2 Å². The van der Waals surface area contributed by atoms with Gasteiger partial charge in [-0.05, 0) is 60.7 Å². The lowest BCUT2D eigenvalue weighted by Gasteiger charge is -2.09. The van der Waals surface area contributed by atoms with E-state index >= 15 is 0 Å². The monoisotopic (exact) mass is 493 g/mol. The van der Waals surface area contributed by atoms with Gasteiger partial charge in [0.2, 0.25) is 5.89 Å². The molecule has 0 unspecified atom stereocenters. The van der Waals surface area contributed by atoms with Crippen molar-refractivity contribution in [3.8, 4) is 23.0 Å². The van der Waals surface area contributed by atoms with Crippen molar-refractivity contribution < 1.29 is 28.2 Å². The summed E-state index contributed by atoms with van der Waals surface area (Å²) in [7, 11) is 1.55. The first-order chi connectivity index (χ1) is 17.0. The third-order valence-electron chi connectivity index (χ3n) is 4.70. The Bertz CT molecular complexity index is 1310. The largest absolute Gasteiger partial charge is 0.497 e. The normalized spacial score (nSPS) is 10.5. The van der Waals surface area contributed by atoms with E-state index < -0.39 is 5.97 Å². The van der Waals surface area contributed by atoms with Crippen LogP contribution in [0.25, 0.3) is 11.5 Å². The van der Waals surface area contributed by atoms with E-state index in [1.54, 1.807) is 67.8 Å². The summed E-state index contributed by atoms with van der Waals surface area (Å²) in [6.45, 7) is -0.379. The predicted molar refractivity (Wildman–Crippen MR) is 127 cm³/mol.